The quantitative estimate of drug-likeness (QED) is 0.603. The first-order chi connectivity index (χ1) is 13.0. The number of amides is 1. The van der Waals surface area contributed by atoms with E-state index in [1.165, 1.54) is 19.1 Å². The number of H-pyrrole nitrogens is 1. The number of aliphatic hydroxyl groups excluding tert-OH is 1. The molecule has 0 bridgehead atoms. The van der Waals surface area contributed by atoms with Gasteiger partial charge in [-0.05, 0) is 6.07 Å². The second-order valence-corrected chi connectivity index (χ2v) is 5.71. The number of β-amino-alcohol motifs (C(OH)–C–C–N with tert-alkyl or cyclic N) is 1. The molecular formula is C17H18N4O6. The Morgan fingerprint density at radius 1 is 1.30 bits per heavy atom. The molecule has 3 N–H and O–H groups in total. The fraction of sp³-hybridized carbons (Fsp3) is 0.294. The van der Waals surface area contributed by atoms with Gasteiger partial charge in [0.05, 0.1) is 38.6 Å². The minimum atomic E-state index is -0.643. The Hall–Kier alpha value is -3.40. The van der Waals surface area contributed by atoms with Gasteiger partial charge in [0, 0.05) is 11.9 Å². The largest absolute Gasteiger partial charge is 0.466 e. The maximum Gasteiger partial charge on any atom is 0.356 e. The number of aromatic nitrogens is 2. The summed E-state index contributed by atoms with van der Waals surface area (Å²) >= 11 is 0. The molecule has 0 atom stereocenters. The highest BCUT2D eigenvalue weighted by atomic mass is 16.5. The Kier molecular flexibility index (Phi) is 5.08. The zero-order valence-corrected chi connectivity index (χ0v) is 14.7. The van der Waals surface area contributed by atoms with Crippen LogP contribution in [0.3, 0.4) is 0 Å². The van der Waals surface area contributed by atoms with Crippen molar-refractivity contribution in [2.24, 2.45) is 0 Å². The molecule has 1 aromatic carbocycles. The predicted octanol–water partition coefficient (Wildman–Crippen LogP) is 0.0230. The number of carbonyl (C=O) groups is 3. The third-order valence-corrected chi connectivity index (χ3v) is 4.19. The number of aliphatic hydroxyl groups is 1. The summed E-state index contributed by atoms with van der Waals surface area (Å²) in [6.45, 7) is -0.118. The number of esters is 2. The summed E-state index contributed by atoms with van der Waals surface area (Å²) in [5.41, 5.74) is 1.21. The number of hydrogen-bond donors (Lipinski definition) is 3. The summed E-state index contributed by atoms with van der Waals surface area (Å²) in [7, 11) is 2.49. The van der Waals surface area contributed by atoms with E-state index in [1.807, 2.05) is 0 Å². The lowest BCUT2D eigenvalue weighted by Crippen LogP contribution is -2.31. The molecule has 0 radical (unpaired) electrons. The number of hydrogen-bond acceptors (Lipinski definition) is 8. The van der Waals surface area contributed by atoms with Gasteiger partial charge in [0.2, 0.25) is 0 Å². The molecule has 1 amide bonds. The lowest BCUT2D eigenvalue weighted by Gasteiger charge is -2.15. The van der Waals surface area contributed by atoms with Crippen LogP contribution in [0.5, 0.6) is 0 Å². The van der Waals surface area contributed by atoms with E-state index >= 15 is 0 Å². The number of nitrogens with one attached hydrogen (secondary N) is 2. The van der Waals surface area contributed by atoms with Crippen molar-refractivity contribution < 1.29 is 29.0 Å². The van der Waals surface area contributed by atoms with Crippen LogP contribution < -0.4 is 5.32 Å². The molecule has 1 aliphatic heterocycles. The lowest BCUT2D eigenvalue weighted by molar-refractivity contribution is -0.136. The molecule has 0 aliphatic carbocycles. The Bertz CT molecular complexity index is 948. The number of anilines is 1. The lowest BCUT2D eigenvalue weighted by atomic mass is 10.1. The molecule has 0 spiro atoms. The first kappa shape index (κ1) is 18.4. The number of methoxy groups -OCH3 is 2. The van der Waals surface area contributed by atoms with E-state index < -0.39 is 17.8 Å². The van der Waals surface area contributed by atoms with Gasteiger partial charge in [0.15, 0.2) is 5.69 Å². The topological polar surface area (TPSA) is 134 Å². The summed E-state index contributed by atoms with van der Waals surface area (Å²) in [5, 5.41) is 19.3. The van der Waals surface area contributed by atoms with Gasteiger partial charge >= 0.3 is 11.9 Å². The van der Waals surface area contributed by atoms with Gasteiger partial charge in [0.25, 0.3) is 5.91 Å². The molecule has 142 valence electrons. The third-order valence-electron chi connectivity index (χ3n) is 4.19. The molecule has 0 fully saturated rings. The number of aromatic amines is 1. The highest BCUT2D eigenvalue weighted by Crippen LogP contribution is 2.28. The van der Waals surface area contributed by atoms with Crippen LogP contribution in [-0.2, 0) is 19.1 Å². The average Bonchev–Trinajstić information content (AvgIpc) is 3.24. The zero-order chi connectivity index (χ0) is 19.6. The van der Waals surface area contributed by atoms with Crippen LogP contribution in [-0.4, -0.2) is 72.0 Å². The first-order valence-electron chi connectivity index (χ1n) is 8.05. The van der Waals surface area contributed by atoms with E-state index in [4.69, 9.17) is 14.6 Å². The molecule has 1 aromatic heterocycles. The van der Waals surface area contributed by atoms with Gasteiger partial charge in [-0.15, -0.1) is 0 Å². The Labute approximate surface area is 153 Å². The Morgan fingerprint density at radius 2 is 2.04 bits per heavy atom. The van der Waals surface area contributed by atoms with Crippen molar-refractivity contribution in [1.29, 1.82) is 0 Å². The van der Waals surface area contributed by atoms with Gasteiger partial charge in [-0.3, -0.25) is 9.89 Å². The van der Waals surface area contributed by atoms with E-state index in [9.17, 15) is 14.4 Å². The van der Waals surface area contributed by atoms with Crippen LogP contribution in [0.2, 0.25) is 0 Å². The van der Waals surface area contributed by atoms with E-state index in [0.717, 1.165) is 0 Å². The first-order valence-corrected chi connectivity index (χ1v) is 8.05. The number of rotatable bonds is 6. The van der Waals surface area contributed by atoms with Gasteiger partial charge in [-0.2, -0.15) is 5.10 Å². The monoisotopic (exact) mass is 374 g/mol. The fourth-order valence-corrected chi connectivity index (χ4v) is 2.88. The molecule has 0 unspecified atom stereocenters. The minimum absolute atomic E-state index is 0.0261. The SMILES string of the molecule is COC(=O)C1=C(Nc2cccc3c(C(=O)OC)[nH]nc23)C(=O)N(CCO)C1. The zero-order valence-electron chi connectivity index (χ0n) is 14.7. The van der Waals surface area contributed by atoms with Crippen molar-refractivity contribution in [1.82, 2.24) is 15.1 Å². The van der Waals surface area contributed by atoms with E-state index in [0.29, 0.717) is 16.6 Å². The number of nitrogens with zero attached hydrogens (tertiary/aromatic N) is 2. The summed E-state index contributed by atoms with van der Waals surface area (Å²) < 4.78 is 9.46. The third kappa shape index (κ3) is 3.22. The molecule has 10 heteroatoms. The molecule has 1 aliphatic rings. The van der Waals surface area contributed by atoms with Crippen molar-refractivity contribution in [3.05, 3.63) is 35.2 Å². The van der Waals surface area contributed by atoms with E-state index in [2.05, 4.69) is 15.5 Å². The van der Waals surface area contributed by atoms with Crippen LogP contribution in [0.4, 0.5) is 5.69 Å². The Balaban J connectivity index is 2.02. The second-order valence-electron chi connectivity index (χ2n) is 5.71. The van der Waals surface area contributed by atoms with Crippen LogP contribution in [0.25, 0.3) is 10.9 Å². The average molecular weight is 374 g/mol. The summed E-state index contributed by atoms with van der Waals surface area (Å²) in [6, 6.07) is 5.02. The number of ether oxygens (including phenoxy) is 2. The van der Waals surface area contributed by atoms with Gasteiger partial charge < -0.3 is 24.8 Å². The van der Waals surface area contributed by atoms with Crippen molar-refractivity contribution in [2.75, 3.05) is 39.2 Å². The van der Waals surface area contributed by atoms with E-state index in [1.54, 1.807) is 18.2 Å². The normalized spacial score (nSPS) is 14.0. The van der Waals surface area contributed by atoms with Gasteiger partial charge in [-0.25, -0.2) is 9.59 Å². The summed E-state index contributed by atoms with van der Waals surface area (Å²) in [5.74, 6) is -1.66. The molecular weight excluding hydrogens is 356 g/mol. The summed E-state index contributed by atoms with van der Waals surface area (Å²) in [4.78, 5) is 37.8. The van der Waals surface area contributed by atoms with Crippen molar-refractivity contribution in [3.8, 4) is 0 Å². The minimum Gasteiger partial charge on any atom is -0.466 e. The van der Waals surface area contributed by atoms with Crippen molar-refractivity contribution in [2.45, 2.75) is 0 Å². The van der Waals surface area contributed by atoms with Crippen LogP contribution >= 0.6 is 0 Å². The molecule has 3 rings (SSSR count). The van der Waals surface area contributed by atoms with E-state index in [-0.39, 0.29) is 36.7 Å². The summed E-state index contributed by atoms with van der Waals surface area (Å²) in [6.07, 6.45) is 0. The standard InChI is InChI=1S/C17H18N4O6/c1-26-16(24)10-8-21(6-7-22)15(23)13(10)18-11-5-3-4-9-12(11)19-20-14(9)17(25)27-2/h3-5,18,22H,6-8H2,1-2H3,(H,19,20). The van der Waals surface area contributed by atoms with Crippen LogP contribution in [0, 0.1) is 0 Å². The van der Waals surface area contributed by atoms with Crippen molar-refractivity contribution in [3.63, 3.8) is 0 Å². The number of carbonyl (C=O) groups excluding carboxylic acids is 3. The van der Waals surface area contributed by atoms with Gasteiger partial charge in [-0.1, -0.05) is 12.1 Å². The molecule has 0 saturated carbocycles. The number of para-hydroxylation sites is 1. The van der Waals surface area contributed by atoms with Gasteiger partial charge in [0.1, 0.15) is 11.2 Å². The smallest absolute Gasteiger partial charge is 0.356 e. The van der Waals surface area contributed by atoms with Crippen LogP contribution in [0.1, 0.15) is 10.5 Å². The molecule has 2 aromatic rings. The molecule has 10 nitrogen and oxygen atoms in total. The van der Waals surface area contributed by atoms with Crippen LogP contribution in [0.15, 0.2) is 29.5 Å². The second kappa shape index (κ2) is 7.46. The van der Waals surface area contributed by atoms with Crippen molar-refractivity contribution >= 4 is 34.4 Å². The highest BCUT2D eigenvalue weighted by Gasteiger charge is 2.34. The molecule has 0 saturated heterocycles. The number of benzene rings is 1. The maximum absolute atomic E-state index is 12.6. The molecule has 2 heterocycles. The number of fused-ring (bicyclic) bond motifs is 1. The highest BCUT2D eigenvalue weighted by molar-refractivity contribution is 6.11. The Morgan fingerprint density at radius 3 is 2.70 bits per heavy atom. The fourth-order valence-electron chi connectivity index (χ4n) is 2.88. The maximum atomic E-state index is 12.6. The predicted molar refractivity (Wildman–Crippen MR) is 93.8 cm³/mol. The molecule has 27 heavy (non-hydrogen) atoms.